The van der Waals surface area contributed by atoms with E-state index in [0.717, 1.165) is 0 Å². The fourth-order valence-electron chi connectivity index (χ4n) is 2.19. The van der Waals surface area contributed by atoms with Crippen LogP contribution in [0.1, 0.15) is 16.3 Å². The van der Waals surface area contributed by atoms with Crippen LogP contribution < -0.4 is 9.47 Å². The maximum Gasteiger partial charge on any atom is 0.356 e. The molecule has 0 saturated heterocycles. The van der Waals surface area contributed by atoms with Crippen molar-refractivity contribution in [3.63, 3.8) is 0 Å². The summed E-state index contributed by atoms with van der Waals surface area (Å²) >= 11 is 0. The van der Waals surface area contributed by atoms with Gasteiger partial charge in [-0.05, 0) is 30.3 Å². The highest BCUT2D eigenvalue weighted by Crippen LogP contribution is 2.21. The minimum atomic E-state index is -1.14. The number of fused-ring (bicyclic) bond motifs is 1. The molecule has 0 amide bonds. The second-order valence-corrected chi connectivity index (χ2v) is 4.75. The lowest BCUT2D eigenvalue weighted by molar-refractivity contribution is 0.0693. The summed E-state index contributed by atoms with van der Waals surface area (Å²) in [6, 6.07) is 8.84. The van der Waals surface area contributed by atoms with Gasteiger partial charge in [0.2, 0.25) is 0 Å². The molecule has 3 rings (SSSR count). The molecule has 2 heterocycles. The predicted molar refractivity (Wildman–Crippen MR) is 79.4 cm³/mol. The van der Waals surface area contributed by atoms with Gasteiger partial charge in [-0.25, -0.2) is 14.2 Å². The Bertz CT molecular complexity index is 858. The normalized spacial score (nSPS) is 10.7. The van der Waals surface area contributed by atoms with Crippen molar-refractivity contribution in [3.05, 3.63) is 59.9 Å². The van der Waals surface area contributed by atoms with E-state index in [2.05, 4.69) is 4.98 Å². The van der Waals surface area contributed by atoms with Gasteiger partial charge in [0.25, 0.3) is 0 Å². The molecule has 23 heavy (non-hydrogen) atoms. The van der Waals surface area contributed by atoms with E-state index in [1.54, 1.807) is 22.7 Å². The number of pyridine rings is 1. The van der Waals surface area contributed by atoms with E-state index >= 15 is 0 Å². The molecule has 6 nitrogen and oxygen atoms in total. The van der Waals surface area contributed by atoms with Crippen LogP contribution in [-0.4, -0.2) is 27.6 Å². The van der Waals surface area contributed by atoms with E-state index in [1.165, 1.54) is 31.4 Å². The van der Waals surface area contributed by atoms with Gasteiger partial charge in [-0.2, -0.15) is 0 Å². The molecule has 0 aliphatic heterocycles. The number of aromatic nitrogens is 2. The predicted octanol–water partition coefficient (Wildman–Crippen LogP) is 2.76. The number of rotatable bonds is 5. The summed E-state index contributed by atoms with van der Waals surface area (Å²) in [4.78, 5) is 15.4. The number of carboxylic acids is 1. The monoisotopic (exact) mass is 316 g/mol. The summed E-state index contributed by atoms with van der Waals surface area (Å²) in [6.07, 6.45) is 1.66. The lowest BCUT2D eigenvalue weighted by Crippen LogP contribution is -2.01. The Labute approximate surface area is 130 Å². The fraction of sp³-hybridized carbons (Fsp3) is 0.125. The van der Waals surface area contributed by atoms with E-state index in [0.29, 0.717) is 22.8 Å². The second kappa shape index (κ2) is 5.96. The van der Waals surface area contributed by atoms with Gasteiger partial charge < -0.3 is 14.6 Å². The smallest absolute Gasteiger partial charge is 0.356 e. The van der Waals surface area contributed by atoms with Crippen molar-refractivity contribution in [1.29, 1.82) is 0 Å². The number of hydrogen-bond acceptors (Lipinski definition) is 4. The van der Waals surface area contributed by atoms with Gasteiger partial charge in [0.05, 0.1) is 12.6 Å². The maximum absolute atomic E-state index is 12.9. The average Bonchev–Trinajstić information content (AvgIpc) is 2.92. The summed E-state index contributed by atoms with van der Waals surface area (Å²) in [5, 5.41) is 9.28. The molecule has 1 aromatic carbocycles. The van der Waals surface area contributed by atoms with Crippen molar-refractivity contribution < 1.29 is 23.8 Å². The summed E-state index contributed by atoms with van der Waals surface area (Å²) in [6.45, 7) is 0.0480. The minimum absolute atomic E-state index is 0.0480. The third kappa shape index (κ3) is 2.94. The third-order valence-electron chi connectivity index (χ3n) is 3.31. The number of carbonyl (C=O) groups is 1. The lowest BCUT2D eigenvalue weighted by atomic mass is 10.3. The Hall–Kier alpha value is -3.09. The molecule has 0 aliphatic rings. The van der Waals surface area contributed by atoms with Gasteiger partial charge in [-0.3, -0.25) is 4.40 Å². The molecule has 0 aliphatic carbocycles. The van der Waals surface area contributed by atoms with E-state index in [1.807, 2.05) is 0 Å². The molecule has 0 spiro atoms. The molecule has 0 fully saturated rings. The van der Waals surface area contributed by atoms with Gasteiger partial charge in [0, 0.05) is 12.3 Å². The first kappa shape index (κ1) is 14.8. The van der Waals surface area contributed by atoms with Crippen LogP contribution in [0.3, 0.4) is 0 Å². The molecular formula is C16H13FN2O4. The van der Waals surface area contributed by atoms with Crippen LogP contribution in [0.15, 0.2) is 42.6 Å². The van der Waals surface area contributed by atoms with Crippen LogP contribution in [0.25, 0.3) is 5.52 Å². The van der Waals surface area contributed by atoms with Crippen molar-refractivity contribution in [2.24, 2.45) is 0 Å². The number of halogens is 1. The summed E-state index contributed by atoms with van der Waals surface area (Å²) in [5.41, 5.74) is 0.330. The highest BCUT2D eigenvalue weighted by atomic mass is 19.1. The molecule has 3 aromatic rings. The topological polar surface area (TPSA) is 73.1 Å². The van der Waals surface area contributed by atoms with Gasteiger partial charge in [0.15, 0.2) is 11.5 Å². The number of hydrogen-bond donors (Lipinski definition) is 1. The number of methoxy groups -OCH3 is 1. The number of benzene rings is 1. The first-order chi connectivity index (χ1) is 11.1. The van der Waals surface area contributed by atoms with E-state index in [-0.39, 0.29) is 18.1 Å². The number of imidazole rings is 1. The standard InChI is InChI=1S/C16H13FN2O4/c1-22-12-6-7-19-13(8-12)15(16(20)21)18-14(19)9-23-11-4-2-10(17)3-5-11/h2-8H,9H2,1H3,(H,20,21). The zero-order chi connectivity index (χ0) is 16.4. The van der Waals surface area contributed by atoms with Crippen LogP contribution >= 0.6 is 0 Å². The van der Waals surface area contributed by atoms with Crippen LogP contribution in [0.4, 0.5) is 4.39 Å². The molecular weight excluding hydrogens is 303 g/mol. The van der Waals surface area contributed by atoms with Crippen molar-refractivity contribution in [2.45, 2.75) is 6.61 Å². The number of nitrogens with zero attached hydrogens (tertiary/aromatic N) is 2. The number of aromatic carboxylic acids is 1. The maximum atomic E-state index is 12.9. The Balaban J connectivity index is 1.94. The summed E-state index contributed by atoms with van der Waals surface area (Å²) in [7, 11) is 1.50. The highest BCUT2D eigenvalue weighted by molar-refractivity contribution is 5.94. The van der Waals surface area contributed by atoms with Gasteiger partial charge in [0.1, 0.15) is 23.9 Å². The van der Waals surface area contributed by atoms with Crippen molar-refractivity contribution in [1.82, 2.24) is 9.38 Å². The quantitative estimate of drug-likeness (QED) is 0.783. The SMILES string of the molecule is COc1ccn2c(COc3ccc(F)cc3)nc(C(=O)O)c2c1. The van der Waals surface area contributed by atoms with Gasteiger partial charge >= 0.3 is 5.97 Å². The van der Waals surface area contributed by atoms with E-state index < -0.39 is 5.97 Å². The van der Waals surface area contributed by atoms with Crippen molar-refractivity contribution in [2.75, 3.05) is 7.11 Å². The first-order valence-electron chi connectivity index (χ1n) is 6.75. The molecule has 1 N–H and O–H groups in total. The molecule has 7 heteroatoms. The molecule has 0 atom stereocenters. The van der Waals surface area contributed by atoms with Crippen LogP contribution in [0.5, 0.6) is 11.5 Å². The average molecular weight is 316 g/mol. The largest absolute Gasteiger partial charge is 0.497 e. The highest BCUT2D eigenvalue weighted by Gasteiger charge is 2.17. The Morgan fingerprint density at radius 3 is 2.65 bits per heavy atom. The zero-order valence-corrected chi connectivity index (χ0v) is 12.2. The Morgan fingerprint density at radius 1 is 1.26 bits per heavy atom. The van der Waals surface area contributed by atoms with Gasteiger partial charge in [-0.1, -0.05) is 0 Å². The Morgan fingerprint density at radius 2 is 2.00 bits per heavy atom. The summed E-state index contributed by atoms with van der Waals surface area (Å²) < 4.78 is 25.1. The molecule has 0 saturated carbocycles. The minimum Gasteiger partial charge on any atom is -0.497 e. The molecule has 0 unspecified atom stereocenters. The molecule has 118 valence electrons. The lowest BCUT2D eigenvalue weighted by Gasteiger charge is -2.06. The fourth-order valence-corrected chi connectivity index (χ4v) is 2.19. The first-order valence-corrected chi connectivity index (χ1v) is 6.75. The zero-order valence-electron chi connectivity index (χ0n) is 12.2. The number of carboxylic acid groups (broad SMARTS) is 1. The van der Waals surface area contributed by atoms with Crippen LogP contribution in [0.2, 0.25) is 0 Å². The van der Waals surface area contributed by atoms with Gasteiger partial charge in [-0.15, -0.1) is 0 Å². The second-order valence-electron chi connectivity index (χ2n) is 4.75. The third-order valence-corrected chi connectivity index (χ3v) is 3.31. The van der Waals surface area contributed by atoms with Crippen molar-refractivity contribution >= 4 is 11.5 Å². The number of ether oxygens (including phenoxy) is 2. The van der Waals surface area contributed by atoms with Crippen LogP contribution in [-0.2, 0) is 6.61 Å². The molecule has 2 aromatic heterocycles. The van der Waals surface area contributed by atoms with Crippen molar-refractivity contribution in [3.8, 4) is 11.5 Å². The summed E-state index contributed by atoms with van der Waals surface area (Å²) in [5.74, 6) is -0.0727. The van der Waals surface area contributed by atoms with E-state index in [4.69, 9.17) is 9.47 Å². The van der Waals surface area contributed by atoms with Crippen LogP contribution in [0, 0.1) is 5.82 Å². The Kier molecular flexibility index (Phi) is 3.84. The molecule has 0 radical (unpaired) electrons. The molecule has 0 bridgehead atoms. The van der Waals surface area contributed by atoms with E-state index in [9.17, 15) is 14.3 Å².